The monoisotopic (exact) mass is 944 g/mol. The first-order valence-corrected chi connectivity index (χ1v) is 22.5. The lowest BCUT2D eigenvalue weighted by Gasteiger charge is -2.37. The van der Waals surface area contributed by atoms with Gasteiger partial charge in [-0.2, -0.15) is 4.68 Å². The highest BCUT2D eigenvalue weighted by molar-refractivity contribution is 7.14. The average molecular weight is 945 g/mol. The molecular formula is C45H66N7O13S+. The second-order valence-corrected chi connectivity index (χ2v) is 20.8. The van der Waals surface area contributed by atoms with Gasteiger partial charge in [-0.1, -0.05) is 11.2 Å². The largest absolute Gasteiger partial charge is 0.485 e. The summed E-state index contributed by atoms with van der Waals surface area (Å²) in [5.74, 6) is -1.88. The number of fused-ring (bicyclic) bond motifs is 1. The highest BCUT2D eigenvalue weighted by Gasteiger charge is 2.51. The van der Waals surface area contributed by atoms with Crippen LogP contribution >= 0.6 is 11.3 Å². The number of alkyl carbamates (subject to hydrolysis) is 2. The van der Waals surface area contributed by atoms with Gasteiger partial charge in [0.05, 0.1) is 17.9 Å². The standard InChI is InChI=1S/C45H65N7O13S/c1-41(2,3)61-36(56)45(13,65-50-34(35(54)55)31-26-66-37(48-31)49-40(59)64-44(10,11)12)33-18-16-28-21-27(15-17-32(28)60-33)29-23-51(20-14-19-46-38(57)62-42(4,5)6)52(24-29)25-30(53)22-47-39(58)63-43(7,8)9/h15,17,21,23-24,26,30,33,53H,14,16,18-20,22,25H2,1-13H3,(H3-,46,47,48,49,54,55,57,58,59)/p+1/b50-34-/t30-,33+,45?/m0/s1. The molecule has 3 heterocycles. The number of aromatic nitrogens is 3. The molecule has 1 unspecified atom stereocenters. The minimum atomic E-state index is -1.95. The average Bonchev–Trinajstić information content (AvgIpc) is 3.78. The summed E-state index contributed by atoms with van der Waals surface area (Å²) >= 11 is 0.943. The van der Waals surface area contributed by atoms with Crippen LogP contribution in [0.15, 0.2) is 41.1 Å². The molecule has 20 nitrogen and oxygen atoms in total. The van der Waals surface area contributed by atoms with Crippen LogP contribution < -0.4 is 25.4 Å². The zero-order valence-electron chi connectivity index (χ0n) is 40.2. The van der Waals surface area contributed by atoms with E-state index < -0.39 is 76.1 Å². The van der Waals surface area contributed by atoms with Crippen molar-refractivity contribution in [3.8, 4) is 16.9 Å². The second-order valence-electron chi connectivity index (χ2n) is 19.9. The Morgan fingerprint density at radius 1 is 0.879 bits per heavy atom. The third kappa shape index (κ3) is 16.5. The Morgan fingerprint density at radius 2 is 1.48 bits per heavy atom. The van der Waals surface area contributed by atoms with Crippen molar-refractivity contribution in [3.63, 3.8) is 0 Å². The first-order valence-electron chi connectivity index (χ1n) is 21.6. The van der Waals surface area contributed by atoms with Crippen molar-refractivity contribution in [2.24, 2.45) is 5.16 Å². The summed E-state index contributed by atoms with van der Waals surface area (Å²) in [6.45, 7) is 23.0. The van der Waals surface area contributed by atoms with E-state index in [1.165, 1.54) is 12.3 Å². The number of carboxylic acid groups (broad SMARTS) is 1. The number of rotatable bonds is 16. The summed E-state index contributed by atoms with van der Waals surface area (Å²) in [5, 5.41) is 34.3. The van der Waals surface area contributed by atoms with Crippen LogP contribution in [-0.4, -0.2) is 109 Å². The van der Waals surface area contributed by atoms with E-state index in [-0.39, 0.29) is 30.3 Å². The number of carbonyl (C=O) groups excluding carboxylic acids is 4. The Kier molecular flexibility index (Phi) is 16.9. The summed E-state index contributed by atoms with van der Waals surface area (Å²) < 4.78 is 31.8. The molecule has 5 N–H and O–H groups in total. The Morgan fingerprint density at radius 3 is 2.09 bits per heavy atom. The van der Waals surface area contributed by atoms with Crippen molar-refractivity contribution in [2.75, 3.05) is 18.4 Å². The summed E-state index contributed by atoms with van der Waals surface area (Å²) in [6, 6.07) is 5.56. The lowest BCUT2D eigenvalue weighted by molar-refractivity contribution is -0.776. The van der Waals surface area contributed by atoms with Gasteiger partial charge in [0.15, 0.2) is 17.8 Å². The van der Waals surface area contributed by atoms with E-state index in [4.69, 9.17) is 28.5 Å². The number of thiazole rings is 1. The van der Waals surface area contributed by atoms with Crippen LogP contribution in [0.4, 0.5) is 19.5 Å². The van der Waals surface area contributed by atoms with Crippen LogP contribution in [0.1, 0.15) is 114 Å². The number of aliphatic hydroxyl groups excluding tert-OH is 1. The van der Waals surface area contributed by atoms with Crippen molar-refractivity contribution in [1.82, 2.24) is 20.3 Å². The molecule has 2 aromatic heterocycles. The smallest absolute Gasteiger partial charge is 0.413 e. The Bertz CT molecular complexity index is 2250. The molecule has 364 valence electrons. The fraction of sp³-hybridized carbons (Fsp3) is 0.600. The van der Waals surface area contributed by atoms with Crippen molar-refractivity contribution in [1.29, 1.82) is 0 Å². The van der Waals surface area contributed by atoms with Crippen molar-refractivity contribution in [3.05, 3.63) is 47.2 Å². The van der Waals surface area contributed by atoms with E-state index in [0.717, 1.165) is 28.0 Å². The number of aryl methyl sites for hydroxylation is 2. The van der Waals surface area contributed by atoms with Crippen molar-refractivity contribution >= 4 is 52.4 Å². The number of amides is 3. The molecule has 0 saturated carbocycles. The number of oxime groups is 1. The molecule has 4 rings (SSSR count). The third-order valence-electron chi connectivity index (χ3n) is 9.06. The first kappa shape index (κ1) is 52.7. The number of benzene rings is 1. The molecule has 0 saturated heterocycles. The number of carboxylic acids is 1. The van der Waals surface area contributed by atoms with Crippen LogP contribution in [0.25, 0.3) is 11.1 Å². The quantitative estimate of drug-likeness (QED) is 0.0262. The number of nitrogens with zero attached hydrogens (tertiary/aromatic N) is 4. The maximum Gasteiger partial charge on any atom is 0.413 e. The number of hydrogen-bond donors (Lipinski definition) is 5. The van der Waals surface area contributed by atoms with Gasteiger partial charge >= 0.3 is 30.2 Å². The van der Waals surface area contributed by atoms with Gasteiger partial charge in [0.1, 0.15) is 40.4 Å². The number of anilines is 1. The van der Waals surface area contributed by atoms with Crippen LogP contribution in [0.2, 0.25) is 0 Å². The molecule has 66 heavy (non-hydrogen) atoms. The maximum absolute atomic E-state index is 13.9. The number of nitrogens with one attached hydrogen (secondary N) is 3. The van der Waals surface area contributed by atoms with Crippen LogP contribution in [0.5, 0.6) is 5.75 Å². The van der Waals surface area contributed by atoms with Gasteiger partial charge in [-0.25, -0.2) is 29.0 Å². The molecule has 1 aliphatic heterocycles. The molecule has 3 aromatic rings. The van der Waals surface area contributed by atoms with Crippen LogP contribution in [0.3, 0.4) is 0 Å². The third-order valence-corrected chi connectivity index (χ3v) is 9.82. The van der Waals surface area contributed by atoms with Gasteiger partial charge in [0.2, 0.25) is 11.9 Å². The SMILES string of the molecule is CC(C)(C)OC(=O)NCCC[n+]1cc(-c2ccc3c(c2)CC[C@H](C(C)(O/N=C(\C(=O)O)c2csc(NC(=O)OC(C)(C)C)n2)C(=O)OC(C)(C)C)O3)cn1C[C@@H](O)CNC(=O)OC(C)(C)C. The topological polar surface area (TPSA) is 251 Å². The summed E-state index contributed by atoms with van der Waals surface area (Å²) in [5.41, 5.74) is -3.34. The highest BCUT2D eigenvalue weighted by Crippen LogP contribution is 2.37. The second kappa shape index (κ2) is 21.1. The minimum absolute atomic E-state index is 0.0545. The number of carbonyl (C=O) groups is 5. The molecule has 21 heteroatoms. The van der Waals surface area contributed by atoms with Crippen molar-refractivity contribution < 1.29 is 67.4 Å². The number of hydrogen-bond acceptors (Lipinski definition) is 15. The number of aliphatic hydroxyl groups is 1. The Hall–Kier alpha value is -5.96. The summed E-state index contributed by atoms with van der Waals surface area (Å²) in [7, 11) is 0. The Balaban J connectivity index is 1.58. The summed E-state index contributed by atoms with van der Waals surface area (Å²) in [4.78, 5) is 73.3. The van der Waals surface area contributed by atoms with Gasteiger partial charge in [0.25, 0.3) is 5.60 Å². The molecular weight excluding hydrogens is 879 g/mol. The number of esters is 1. The predicted octanol–water partition coefficient (Wildman–Crippen LogP) is 6.35. The van der Waals surface area contributed by atoms with Crippen LogP contribution in [0, 0.1) is 0 Å². The molecule has 1 aliphatic rings. The van der Waals surface area contributed by atoms with E-state index >= 15 is 0 Å². The molecule has 0 fully saturated rings. The molecule has 0 spiro atoms. The number of aliphatic carboxylic acids is 1. The summed E-state index contributed by atoms with van der Waals surface area (Å²) in [6.07, 6.45) is 1.07. The van der Waals surface area contributed by atoms with Gasteiger partial charge in [-0.15, -0.1) is 16.0 Å². The van der Waals surface area contributed by atoms with E-state index in [2.05, 4.69) is 26.1 Å². The van der Waals surface area contributed by atoms with E-state index in [1.807, 2.05) is 33.9 Å². The zero-order chi connectivity index (χ0) is 49.4. The minimum Gasteiger partial charge on any atom is -0.485 e. The van der Waals surface area contributed by atoms with Gasteiger partial charge < -0.3 is 49.4 Å². The van der Waals surface area contributed by atoms with E-state index in [9.17, 15) is 34.2 Å². The van der Waals surface area contributed by atoms with E-state index in [0.29, 0.717) is 31.7 Å². The highest BCUT2D eigenvalue weighted by atomic mass is 32.1. The first-order chi connectivity index (χ1) is 30.4. The van der Waals surface area contributed by atoms with Crippen LogP contribution in [-0.2, 0) is 52.9 Å². The lowest BCUT2D eigenvalue weighted by Crippen LogP contribution is -2.54. The molecule has 0 bridgehead atoms. The molecule has 3 amide bonds. The van der Waals surface area contributed by atoms with E-state index in [1.54, 1.807) is 89.2 Å². The van der Waals surface area contributed by atoms with Gasteiger partial charge in [0, 0.05) is 24.9 Å². The van der Waals surface area contributed by atoms with Crippen molar-refractivity contribution in [2.45, 2.75) is 163 Å². The fourth-order valence-corrected chi connectivity index (χ4v) is 6.95. The maximum atomic E-state index is 13.9. The molecule has 0 aliphatic carbocycles. The normalized spacial score (nSPS) is 15.8. The zero-order valence-corrected chi connectivity index (χ0v) is 41.0. The molecule has 0 radical (unpaired) electrons. The molecule has 3 atom stereocenters. The number of ether oxygens (including phenoxy) is 5. The lowest BCUT2D eigenvalue weighted by atomic mass is 9.89. The Labute approximate surface area is 389 Å². The predicted molar refractivity (Wildman–Crippen MR) is 243 cm³/mol. The molecule has 1 aromatic carbocycles. The fourth-order valence-electron chi connectivity index (χ4n) is 6.27. The van der Waals surface area contributed by atoms with Gasteiger partial charge in [-0.3, -0.25) is 5.32 Å². The van der Waals surface area contributed by atoms with Gasteiger partial charge in [-0.05, 0) is 126 Å².